The van der Waals surface area contributed by atoms with E-state index in [1.807, 2.05) is 0 Å². The number of nitrogens with one attached hydrogen (secondary N) is 2. The molecule has 2 aromatic rings. The van der Waals surface area contributed by atoms with Crippen LogP contribution in [0.5, 0.6) is 0 Å². The van der Waals surface area contributed by atoms with Crippen molar-refractivity contribution >= 4 is 59.0 Å². The number of H-pyrrole nitrogens is 1. The Hall–Kier alpha value is -0.380. The average molecular weight is 401 g/mol. The van der Waals surface area contributed by atoms with E-state index in [1.54, 1.807) is 19.2 Å². The van der Waals surface area contributed by atoms with E-state index in [0.29, 0.717) is 9.60 Å². The third kappa shape index (κ3) is 2.72. The molecular weight excluding hydrogens is 394 g/mol. The van der Waals surface area contributed by atoms with Gasteiger partial charge in [0.15, 0.2) is 0 Å². The van der Waals surface area contributed by atoms with Crippen molar-refractivity contribution in [3.8, 4) is 0 Å². The van der Waals surface area contributed by atoms with Crippen molar-refractivity contribution in [2.45, 2.75) is 11.8 Å². The van der Waals surface area contributed by atoms with E-state index in [-0.39, 0.29) is 4.90 Å². The number of halogens is 2. The SMILES string of the molecule is Cc1cn[nH]c1NS(=O)(=O)c1cc(Br)sc1Br. The molecule has 0 bridgehead atoms. The number of aromatic amines is 1. The molecule has 17 heavy (non-hydrogen) atoms. The number of rotatable bonds is 3. The molecule has 0 spiro atoms. The highest BCUT2D eigenvalue weighted by Crippen LogP contribution is 2.35. The topological polar surface area (TPSA) is 74.8 Å². The predicted octanol–water partition coefficient (Wildman–Crippen LogP) is 3.11. The number of hydrogen-bond donors (Lipinski definition) is 2. The highest BCUT2D eigenvalue weighted by molar-refractivity contribution is 9.12. The minimum absolute atomic E-state index is 0.198. The number of aryl methyl sites for hydroxylation is 1. The fourth-order valence-electron chi connectivity index (χ4n) is 1.15. The molecule has 2 rings (SSSR count). The van der Waals surface area contributed by atoms with Crippen molar-refractivity contribution in [2.24, 2.45) is 0 Å². The summed E-state index contributed by atoms with van der Waals surface area (Å²) in [4.78, 5) is 0.198. The lowest BCUT2D eigenvalue weighted by molar-refractivity contribution is 0.601. The molecule has 9 heteroatoms. The molecule has 5 nitrogen and oxygen atoms in total. The molecule has 0 aliphatic carbocycles. The standard InChI is InChI=1S/C8H7Br2N3O2S2/c1-4-3-11-12-8(4)13-17(14,15)5-2-6(9)16-7(5)10/h2-3H,1H3,(H2,11,12,13). The molecule has 2 heterocycles. The first kappa shape index (κ1) is 13.1. The van der Waals surface area contributed by atoms with Crippen LogP contribution in [-0.4, -0.2) is 18.6 Å². The molecule has 0 fully saturated rings. The summed E-state index contributed by atoms with van der Waals surface area (Å²) < 4.78 is 27.9. The Morgan fingerprint density at radius 1 is 1.47 bits per heavy atom. The lowest BCUT2D eigenvalue weighted by Gasteiger charge is -2.05. The minimum Gasteiger partial charge on any atom is -0.263 e. The Bertz CT molecular complexity index is 648. The average Bonchev–Trinajstić information content (AvgIpc) is 2.74. The van der Waals surface area contributed by atoms with E-state index in [1.165, 1.54) is 11.3 Å². The molecule has 0 aliphatic rings. The van der Waals surface area contributed by atoms with Gasteiger partial charge >= 0.3 is 0 Å². The molecule has 0 saturated carbocycles. The molecule has 0 aliphatic heterocycles. The minimum atomic E-state index is -3.60. The molecular formula is C8H7Br2N3O2S2. The molecule has 0 amide bonds. The summed E-state index contributed by atoms with van der Waals surface area (Å²) in [7, 11) is -3.60. The number of nitrogens with zero attached hydrogens (tertiary/aromatic N) is 1. The van der Waals surface area contributed by atoms with E-state index in [9.17, 15) is 8.42 Å². The van der Waals surface area contributed by atoms with Crippen molar-refractivity contribution in [2.75, 3.05) is 4.72 Å². The van der Waals surface area contributed by atoms with Gasteiger partial charge in [-0.15, -0.1) is 11.3 Å². The zero-order chi connectivity index (χ0) is 12.6. The van der Waals surface area contributed by atoms with Crippen LogP contribution in [0.15, 0.2) is 24.7 Å². The quantitative estimate of drug-likeness (QED) is 0.831. The number of anilines is 1. The summed E-state index contributed by atoms with van der Waals surface area (Å²) in [6.45, 7) is 1.76. The van der Waals surface area contributed by atoms with E-state index >= 15 is 0 Å². The van der Waals surface area contributed by atoms with Crippen LogP contribution >= 0.6 is 43.2 Å². The van der Waals surface area contributed by atoms with E-state index in [0.717, 1.165) is 9.35 Å². The van der Waals surface area contributed by atoms with Crippen LogP contribution in [0, 0.1) is 6.92 Å². The summed E-state index contributed by atoms with van der Waals surface area (Å²) in [6, 6.07) is 1.54. The number of sulfonamides is 1. The summed E-state index contributed by atoms with van der Waals surface area (Å²) in [5.74, 6) is 0.374. The lowest BCUT2D eigenvalue weighted by atomic mass is 10.4. The van der Waals surface area contributed by atoms with Gasteiger partial charge in [-0.05, 0) is 44.8 Å². The normalized spacial score (nSPS) is 11.7. The molecule has 0 saturated heterocycles. The van der Waals surface area contributed by atoms with Crippen molar-refractivity contribution in [3.63, 3.8) is 0 Å². The van der Waals surface area contributed by atoms with Crippen LogP contribution in [0.4, 0.5) is 5.82 Å². The van der Waals surface area contributed by atoms with Crippen LogP contribution in [0.1, 0.15) is 5.56 Å². The summed E-state index contributed by atoms with van der Waals surface area (Å²) in [5, 5.41) is 6.35. The first-order chi connectivity index (χ1) is 7.90. The maximum atomic E-state index is 12.1. The second kappa shape index (κ2) is 4.71. The van der Waals surface area contributed by atoms with Gasteiger partial charge in [-0.25, -0.2) is 8.42 Å². The van der Waals surface area contributed by atoms with E-state index < -0.39 is 10.0 Å². The highest BCUT2D eigenvalue weighted by Gasteiger charge is 2.21. The smallest absolute Gasteiger partial charge is 0.263 e. The van der Waals surface area contributed by atoms with Gasteiger partial charge in [0.25, 0.3) is 10.0 Å². The van der Waals surface area contributed by atoms with Crippen molar-refractivity contribution < 1.29 is 8.42 Å². The van der Waals surface area contributed by atoms with E-state index in [4.69, 9.17) is 0 Å². The molecule has 0 atom stereocenters. The monoisotopic (exact) mass is 399 g/mol. The fourth-order valence-corrected chi connectivity index (χ4v) is 6.05. The number of hydrogen-bond acceptors (Lipinski definition) is 4. The lowest BCUT2D eigenvalue weighted by Crippen LogP contribution is -2.13. The summed E-state index contributed by atoms with van der Waals surface area (Å²) in [6.07, 6.45) is 1.55. The zero-order valence-corrected chi connectivity index (χ0v) is 13.3. The molecule has 0 unspecified atom stereocenters. The maximum Gasteiger partial charge on any atom is 0.265 e. The Balaban J connectivity index is 2.38. The van der Waals surface area contributed by atoms with Gasteiger partial charge in [-0.1, -0.05) is 0 Å². The summed E-state index contributed by atoms with van der Waals surface area (Å²) >= 11 is 7.76. The molecule has 2 N–H and O–H groups in total. The van der Waals surface area contributed by atoms with Crippen LogP contribution < -0.4 is 4.72 Å². The Labute approximate surface area is 119 Å². The molecule has 0 aromatic carbocycles. The van der Waals surface area contributed by atoms with Gasteiger partial charge in [0, 0.05) is 5.56 Å². The predicted molar refractivity (Wildman–Crippen MR) is 73.9 cm³/mol. The largest absolute Gasteiger partial charge is 0.265 e. The Morgan fingerprint density at radius 2 is 2.18 bits per heavy atom. The van der Waals surface area contributed by atoms with Gasteiger partial charge in [0.05, 0.1) is 13.8 Å². The number of aromatic nitrogens is 2. The highest BCUT2D eigenvalue weighted by atomic mass is 79.9. The van der Waals surface area contributed by atoms with Gasteiger partial charge in [0.2, 0.25) is 0 Å². The third-order valence-electron chi connectivity index (χ3n) is 1.98. The molecule has 92 valence electrons. The van der Waals surface area contributed by atoms with Gasteiger partial charge in [-0.2, -0.15) is 5.10 Å². The fraction of sp³-hybridized carbons (Fsp3) is 0.125. The zero-order valence-electron chi connectivity index (χ0n) is 8.49. The van der Waals surface area contributed by atoms with Gasteiger partial charge in [-0.3, -0.25) is 9.82 Å². The first-order valence-corrected chi connectivity index (χ1v) is 8.26. The second-order valence-corrected chi connectivity index (χ2v) is 8.62. The molecule has 0 radical (unpaired) electrons. The van der Waals surface area contributed by atoms with Crippen LogP contribution in [0.25, 0.3) is 0 Å². The first-order valence-electron chi connectivity index (χ1n) is 4.38. The maximum absolute atomic E-state index is 12.1. The van der Waals surface area contributed by atoms with Gasteiger partial charge in [0.1, 0.15) is 10.7 Å². The van der Waals surface area contributed by atoms with Crippen LogP contribution in [0.2, 0.25) is 0 Å². The van der Waals surface area contributed by atoms with Crippen LogP contribution in [-0.2, 0) is 10.0 Å². The van der Waals surface area contributed by atoms with E-state index in [2.05, 4.69) is 46.8 Å². The van der Waals surface area contributed by atoms with Crippen molar-refractivity contribution in [3.05, 3.63) is 25.4 Å². The summed E-state index contributed by atoms with van der Waals surface area (Å²) in [5.41, 5.74) is 0.735. The number of thiophene rings is 1. The van der Waals surface area contributed by atoms with Crippen molar-refractivity contribution in [1.29, 1.82) is 0 Å². The Morgan fingerprint density at radius 3 is 2.65 bits per heavy atom. The van der Waals surface area contributed by atoms with Gasteiger partial charge < -0.3 is 0 Å². The Kier molecular flexibility index (Phi) is 3.62. The van der Waals surface area contributed by atoms with Crippen molar-refractivity contribution in [1.82, 2.24) is 10.2 Å². The van der Waals surface area contributed by atoms with Crippen LogP contribution in [0.3, 0.4) is 0 Å². The third-order valence-corrected chi connectivity index (χ3v) is 6.09. The second-order valence-electron chi connectivity index (χ2n) is 3.22. The molecule has 2 aromatic heterocycles.